The van der Waals surface area contributed by atoms with E-state index in [9.17, 15) is 22.4 Å². The molecule has 0 aliphatic heterocycles. The normalized spacial score (nSPS) is 12.1. The molecule has 0 heterocycles. The van der Waals surface area contributed by atoms with Crippen molar-refractivity contribution in [3.8, 4) is 0 Å². The number of sulfonamides is 1. The van der Waals surface area contributed by atoms with Crippen LogP contribution in [-0.2, 0) is 26.0 Å². The number of benzene rings is 2. The van der Waals surface area contributed by atoms with E-state index in [1.54, 1.807) is 37.3 Å². The van der Waals surface area contributed by atoms with E-state index in [1.165, 1.54) is 12.1 Å². The van der Waals surface area contributed by atoms with Crippen LogP contribution in [0.5, 0.6) is 0 Å². The minimum absolute atomic E-state index is 0.0599. The monoisotopic (exact) mass is 437 g/mol. The zero-order valence-corrected chi connectivity index (χ0v) is 17.2. The molecular weight excluding hydrogens is 413 g/mol. The summed E-state index contributed by atoms with van der Waals surface area (Å²) in [5.74, 6) is -1.52. The molecule has 0 saturated heterocycles. The number of carbonyl (C=O) groups excluding carboxylic acids is 2. The van der Waals surface area contributed by atoms with Crippen molar-refractivity contribution >= 4 is 22.0 Å². The number of ether oxygens (including phenoxy) is 1. The van der Waals surface area contributed by atoms with E-state index < -0.39 is 38.8 Å². The van der Waals surface area contributed by atoms with Crippen molar-refractivity contribution in [1.82, 2.24) is 15.4 Å². The fourth-order valence-electron chi connectivity index (χ4n) is 2.61. The first kappa shape index (κ1) is 23.3. The van der Waals surface area contributed by atoms with Crippen molar-refractivity contribution in [2.45, 2.75) is 24.3 Å². The summed E-state index contributed by atoms with van der Waals surface area (Å²) in [6.07, 6.45) is -0.557. The van der Waals surface area contributed by atoms with Crippen LogP contribution in [0.4, 0.5) is 9.18 Å². The highest BCUT2D eigenvalue weighted by molar-refractivity contribution is 7.89. The van der Waals surface area contributed by atoms with Crippen LogP contribution in [0.25, 0.3) is 0 Å². The fraction of sp³-hybridized carbons (Fsp3) is 0.300. The van der Waals surface area contributed by atoms with E-state index >= 15 is 0 Å². The molecule has 2 amide bonds. The third-order valence-corrected chi connectivity index (χ3v) is 5.50. The Bertz CT molecular complexity index is 954. The van der Waals surface area contributed by atoms with Crippen LogP contribution in [0.1, 0.15) is 12.5 Å². The van der Waals surface area contributed by atoms with Crippen LogP contribution in [0.3, 0.4) is 0 Å². The smallest absolute Gasteiger partial charge is 0.407 e. The standard InChI is InChI=1S/C20H24FN3O5S/c1-2-29-20(26)23-13-12-22-19(25)17(14-15-8-4-3-5-9-15)24-30(27,28)18-11-7-6-10-16(18)21/h3-11,17,24H,2,12-14H2,1H3,(H,22,25)(H,23,26)/t17-/m0/s1. The molecule has 0 saturated carbocycles. The van der Waals surface area contributed by atoms with E-state index in [-0.39, 0.29) is 26.1 Å². The number of halogens is 1. The quantitative estimate of drug-likeness (QED) is 0.489. The number of rotatable bonds is 10. The van der Waals surface area contributed by atoms with Gasteiger partial charge in [-0.1, -0.05) is 42.5 Å². The third kappa shape index (κ3) is 7.12. The number of amides is 2. The Hall–Kier alpha value is -2.98. The molecule has 10 heteroatoms. The number of hydrogen-bond acceptors (Lipinski definition) is 5. The van der Waals surface area contributed by atoms with Gasteiger partial charge in [0.2, 0.25) is 15.9 Å². The van der Waals surface area contributed by atoms with Gasteiger partial charge >= 0.3 is 6.09 Å². The molecule has 0 fully saturated rings. The molecular formula is C20H24FN3O5S. The van der Waals surface area contributed by atoms with Gasteiger partial charge in [0.25, 0.3) is 0 Å². The van der Waals surface area contributed by atoms with Crippen molar-refractivity contribution in [3.63, 3.8) is 0 Å². The van der Waals surface area contributed by atoms with Crippen LogP contribution < -0.4 is 15.4 Å². The van der Waals surface area contributed by atoms with E-state index in [4.69, 9.17) is 4.74 Å². The van der Waals surface area contributed by atoms with Crippen LogP contribution in [0.15, 0.2) is 59.5 Å². The number of carbonyl (C=O) groups is 2. The van der Waals surface area contributed by atoms with Gasteiger partial charge in [-0.05, 0) is 31.0 Å². The summed E-state index contributed by atoms with van der Waals surface area (Å²) in [5.41, 5.74) is 0.721. The summed E-state index contributed by atoms with van der Waals surface area (Å²) in [7, 11) is -4.28. The number of hydrogen-bond donors (Lipinski definition) is 3. The van der Waals surface area contributed by atoms with Gasteiger partial charge in [0.05, 0.1) is 6.61 Å². The molecule has 1 atom stereocenters. The summed E-state index contributed by atoms with van der Waals surface area (Å²) in [6.45, 7) is 2.04. The van der Waals surface area contributed by atoms with Gasteiger partial charge in [0, 0.05) is 13.1 Å². The highest BCUT2D eigenvalue weighted by Crippen LogP contribution is 2.15. The first-order valence-electron chi connectivity index (χ1n) is 9.32. The lowest BCUT2D eigenvalue weighted by Crippen LogP contribution is -2.49. The fourth-order valence-corrected chi connectivity index (χ4v) is 3.88. The highest BCUT2D eigenvalue weighted by atomic mass is 32.2. The maximum absolute atomic E-state index is 14.0. The average Bonchev–Trinajstić information content (AvgIpc) is 2.71. The van der Waals surface area contributed by atoms with Gasteiger partial charge < -0.3 is 15.4 Å². The van der Waals surface area contributed by atoms with Crippen LogP contribution in [0.2, 0.25) is 0 Å². The average molecular weight is 437 g/mol. The second kappa shape index (κ2) is 11.3. The Labute approximate surface area is 174 Å². The zero-order chi connectivity index (χ0) is 22.0. The molecule has 0 bridgehead atoms. The largest absolute Gasteiger partial charge is 0.450 e. The van der Waals surface area contributed by atoms with Gasteiger partial charge in [0.1, 0.15) is 16.8 Å². The second-order valence-corrected chi connectivity index (χ2v) is 7.91. The van der Waals surface area contributed by atoms with Crippen LogP contribution in [-0.4, -0.2) is 46.2 Å². The highest BCUT2D eigenvalue weighted by Gasteiger charge is 2.27. The molecule has 2 aromatic carbocycles. The minimum atomic E-state index is -4.28. The zero-order valence-electron chi connectivity index (χ0n) is 16.4. The first-order valence-corrected chi connectivity index (χ1v) is 10.8. The second-order valence-electron chi connectivity index (χ2n) is 6.23. The van der Waals surface area contributed by atoms with Gasteiger partial charge in [-0.3, -0.25) is 4.79 Å². The maximum Gasteiger partial charge on any atom is 0.407 e. The molecule has 0 radical (unpaired) electrons. The van der Waals surface area contributed by atoms with E-state index in [2.05, 4.69) is 15.4 Å². The third-order valence-electron chi connectivity index (χ3n) is 3.99. The van der Waals surface area contributed by atoms with Crippen molar-refractivity contribution in [3.05, 3.63) is 66.0 Å². The van der Waals surface area contributed by atoms with E-state index in [0.717, 1.165) is 17.7 Å². The topological polar surface area (TPSA) is 114 Å². The first-order chi connectivity index (χ1) is 14.3. The van der Waals surface area contributed by atoms with Gasteiger partial charge in [-0.2, -0.15) is 4.72 Å². The molecule has 0 aromatic heterocycles. The van der Waals surface area contributed by atoms with Crippen LogP contribution >= 0.6 is 0 Å². The lowest BCUT2D eigenvalue weighted by atomic mass is 10.1. The molecule has 8 nitrogen and oxygen atoms in total. The molecule has 0 aliphatic rings. The Kier molecular flexibility index (Phi) is 8.75. The molecule has 2 rings (SSSR count). The molecule has 3 N–H and O–H groups in total. The Morgan fingerprint density at radius 3 is 2.30 bits per heavy atom. The lowest BCUT2D eigenvalue weighted by Gasteiger charge is -2.19. The molecule has 30 heavy (non-hydrogen) atoms. The summed E-state index contributed by atoms with van der Waals surface area (Å²) < 4.78 is 46.3. The lowest BCUT2D eigenvalue weighted by molar-refractivity contribution is -0.122. The Balaban J connectivity index is 2.09. The summed E-state index contributed by atoms with van der Waals surface area (Å²) in [5, 5.41) is 5.00. The van der Waals surface area contributed by atoms with Crippen molar-refractivity contribution in [2.75, 3.05) is 19.7 Å². The van der Waals surface area contributed by atoms with E-state index in [1.807, 2.05) is 0 Å². The maximum atomic E-state index is 14.0. The van der Waals surface area contributed by atoms with E-state index in [0.29, 0.717) is 0 Å². The van der Waals surface area contributed by atoms with Crippen molar-refractivity contribution < 1.29 is 27.1 Å². The Morgan fingerprint density at radius 2 is 1.63 bits per heavy atom. The molecule has 0 aliphatic carbocycles. The summed E-state index contributed by atoms with van der Waals surface area (Å²) in [6, 6.07) is 12.6. The summed E-state index contributed by atoms with van der Waals surface area (Å²) >= 11 is 0. The van der Waals surface area contributed by atoms with Crippen LogP contribution in [0, 0.1) is 5.82 Å². The number of nitrogens with one attached hydrogen (secondary N) is 3. The number of alkyl carbamates (subject to hydrolysis) is 1. The van der Waals surface area contributed by atoms with Gasteiger partial charge in [-0.25, -0.2) is 17.6 Å². The predicted molar refractivity (Wildman–Crippen MR) is 109 cm³/mol. The van der Waals surface area contributed by atoms with Gasteiger partial charge in [0.15, 0.2) is 0 Å². The molecule has 0 spiro atoms. The van der Waals surface area contributed by atoms with Crippen molar-refractivity contribution in [1.29, 1.82) is 0 Å². The molecule has 0 unspecified atom stereocenters. The molecule has 162 valence electrons. The minimum Gasteiger partial charge on any atom is -0.450 e. The van der Waals surface area contributed by atoms with Gasteiger partial charge in [-0.15, -0.1) is 0 Å². The molecule has 2 aromatic rings. The predicted octanol–water partition coefficient (Wildman–Crippen LogP) is 1.58. The SMILES string of the molecule is CCOC(=O)NCCNC(=O)[C@H](Cc1ccccc1)NS(=O)(=O)c1ccccc1F. The summed E-state index contributed by atoms with van der Waals surface area (Å²) in [4.78, 5) is 23.4. The Morgan fingerprint density at radius 1 is 1.00 bits per heavy atom. The van der Waals surface area contributed by atoms with Crippen molar-refractivity contribution in [2.24, 2.45) is 0 Å².